The molecular formula is C15H25N3S. The average molecular weight is 279 g/mol. The van der Waals surface area contributed by atoms with Crippen molar-refractivity contribution in [1.29, 1.82) is 0 Å². The highest BCUT2D eigenvalue weighted by Gasteiger charge is 2.39. The molecule has 2 aliphatic rings. The van der Waals surface area contributed by atoms with E-state index in [2.05, 4.69) is 34.4 Å². The van der Waals surface area contributed by atoms with E-state index in [1.54, 1.807) is 11.3 Å². The number of aromatic nitrogens is 1. The molecule has 1 saturated carbocycles. The molecule has 0 aromatic carbocycles. The van der Waals surface area contributed by atoms with E-state index in [-0.39, 0.29) is 0 Å². The Balaban J connectivity index is 1.62. The van der Waals surface area contributed by atoms with E-state index in [0.717, 1.165) is 18.4 Å². The maximum absolute atomic E-state index is 4.38. The molecular weight excluding hydrogens is 254 g/mol. The molecule has 0 amide bonds. The third-order valence-corrected chi connectivity index (χ3v) is 5.59. The zero-order valence-corrected chi connectivity index (χ0v) is 12.8. The fourth-order valence-corrected chi connectivity index (χ4v) is 4.34. The van der Waals surface area contributed by atoms with Crippen LogP contribution in [0.15, 0.2) is 11.6 Å². The molecule has 2 fully saturated rings. The second-order valence-electron chi connectivity index (χ2n) is 6.33. The number of hydrogen-bond acceptors (Lipinski definition) is 4. The van der Waals surface area contributed by atoms with E-state index in [1.807, 2.05) is 6.20 Å². The van der Waals surface area contributed by atoms with Crippen molar-refractivity contribution in [3.63, 3.8) is 0 Å². The minimum absolute atomic E-state index is 0.697. The molecule has 2 atom stereocenters. The topological polar surface area (TPSA) is 28.2 Å². The van der Waals surface area contributed by atoms with Gasteiger partial charge in [-0.2, -0.15) is 0 Å². The van der Waals surface area contributed by atoms with Crippen LogP contribution < -0.4 is 5.32 Å². The molecule has 2 unspecified atom stereocenters. The molecule has 1 saturated heterocycles. The van der Waals surface area contributed by atoms with Gasteiger partial charge in [0.25, 0.3) is 0 Å². The van der Waals surface area contributed by atoms with E-state index >= 15 is 0 Å². The highest BCUT2D eigenvalue weighted by Crippen LogP contribution is 2.35. The molecule has 2 bridgehead atoms. The maximum Gasteiger partial charge on any atom is 0.106 e. The van der Waals surface area contributed by atoms with E-state index in [4.69, 9.17) is 0 Å². The van der Waals surface area contributed by atoms with Crippen molar-refractivity contribution in [3.8, 4) is 0 Å². The van der Waals surface area contributed by atoms with E-state index < -0.39 is 0 Å². The van der Waals surface area contributed by atoms with Crippen molar-refractivity contribution >= 4 is 11.3 Å². The monoisotopic (exact) mass is 279 g/mol. The Morgan fingerprint density at radius 1 is 1.37 bits per heavy atom. The fourth-order valence-electron chi connectivity index (χ4n) is 3.77. The molecule has 2 heterocycles. The van der Waals surface area contributed by atoms with Crippen molar-refractivity contribution in [2.75, 3.05) is 13.1 Å². The van der Waals surface area contributed by atoms with Crippen LogP contribution >= 0.6 is 11.3 Å². The summed E-state index contributed by atoms with van der Waals surface area (Å²) in [7, 11) is 0. The van der Waals surface area contributed by atoms with Crippen LogP contribution in [-0.4, -0.2) is 35.1 Å². The lowest BCUT2D eigenvalue weighted by Crippen LogP contribution is -2.58. The van der Waals surface area contributed by atoms with Crippen molar-refractivity contribution < 1.29 is 0 Å². The summed E-state index contributed by atoms with van der Waals surface area (Å²) in [6, 6.07) is 1.41. The molecule has 106 valence electrons. The van der Waals surface area contributed by atoms with Gasteiger partial charge in [0, 0.05) is 43.3 Å². The number of piperidine rings is 1. The second-order valence-corrected chi connectivity index (χ2v) is 7.31. The largest absolute Gasteiger partial charge is 0.307 e. The summed E-state index contributed by atoms with van der Waals surface area (Å²) in [5.74, 6) is 1.68. The van der Waals surface area contributed by atoms with E-state index in [0.29, 0.717) is 12.1 Å². The molecule has 3 nitrogen and oxygen atoms in total. The highest BCUT2D eigenvalue weighted by molar-refractivity contribution is 7.09. The average Bonchev–Trinajstić information content (AvgIpc) is 2.88. The van der Waals surface area contributed by atoms with Gasteiger partial charge in [-0.25, -0.2) is 4.98 Å². The first-order chi connectivity index (χ1) is 9.24. The molecule has 1 aromatic heterocycles. The highest BCUT2D eigenvalue weighted by atomic mass is 32.1. The predicted octanol–water partition coefficient (Wildman–Crippen LogP) is 2.74. The van der Waals surface area contributed by atoms with Crippen LogP contribution in [0.25, 0.3) is 0 Å². The number of hydrogen-bond donors (Lipinski definition) is 1. The van der Waals surface area contributed by atoms with Crippen LogP contribution in [0.4, 0.5) is 0 Å². The minimum Gasteiger partial charge on any atom is -0.307 e. The molecule has 1 aromatic rings. The molecule has 19 heavy (non-hydrogen) atoms. The summed E-state index contributed by atoms with van der Waals surface area (Å²) in [5, 5.41) is 7.10. The first-order valence-corrected chi connectivity index (χ1v) is 8.48. The zero-order chi connectivity index (χ0) is 13.2. The van der Waals surface area contributed by atoms with E-state index in [1.165, 1.54) is 37.4 Å². The Kier molecular flexibility index (Phi) is 4.20. The van der Waals surface area contributed by atoms with Gasteiger partial charge in [-0.1, -0.05) is 6.42 Å². The van der Waals surface area contributed by atoms with Crippen LogP contribution in [-0.2, 0) is 6.54 Å². The molecule has 0 spiro atoms. The Bertz CT molecular complexity index is 376. The zero-order valence-electron chi connectivity index (χ0n) is 12.0. The summed E-state index contributed by atoms with van der Waals surface area (Å²) in [6.45, 7) is 8.18. The Hall–Kier alpha value is -0.450. The lowest BCUT2D eigenvalue weighted by molar-refractivity contribution is 0.0290. The maximum atomic E-state index is 4.38. The SMILES string of the molecule is CC(C)N1CC2CCCC(C1)C2NCc1nccs1. The Morgan fingerprint density at radius 3 is 2.68 bits per heavy atom. The van der Waals surface area contributed by atoms with Crippen molar-refractivity contribution in [3.05, 3.63) is 16.6 Å². The molecule has 1 N–H and O–H groups in total. The Labute approximate surface area is 120 Å². The summed E-state index contributed by atoms with van der Waals surface area (Å²) in [6.07, 6.45) is 6.13. The standard InChI is InChI=1S/C15H25N3S/c1-11(2)18-9-12-4-3-5-13(10-18)15(12)17-8-14-16-6-7-19-14/h6-7,11-13,15,17H,3-5,8-10H2,1-2H3. The van der Waals surface area contributed by atoms with E-state index in [9.17, 15) is 0 Å². The van der Waals surface area contributed by atoms with Gasteiger partial charge in [0.2, 0.25) is 0 Å². The predicted molar refractivity (Wildman–Crippen MR) is 80.3 cm³/mol. The number of nitrogens with zero attached hydrogens (tertiary/aromatic N) is 2. The molecule has 1 aliphatic carbocycles. The van der Waals surface area contributed by atoms with Gasteiger partial charge in [-0.05, 0) is 38.5 Å². The lowest BCUT2D eigenvalue weighted by Gasteiger charge is -2.49. The van der Waals surface area contributed by atoms with Gasteiger partial charge in [0.15, 0.2) is 0 Å². The van der Waals surface area contributed by atoms with Crippen molar-refractivity contribution in [2.45, 2.75) is 51.7 Å². The fraction of sp³-hybridized carbons (Fsp3) is 0.800. The van der Waals surface area contributed by atoms with Crippen LogP contribution in [0.5, 0.6) is 0 Å². The van der Waals surface area contributed by atoms with Gasteiger partial charge in [0.1, 0.15) is 5.01 Å². The number of fused-ring (bicyclic) bond motifs is 2. The van der Waals surface area contributed by atoms with Crippen molar-refractivity contribution in [1.82, 2.24) is 15.2 Å². The van der Waals surface area contributed by atoms with Crippen LogP contribution in [0.3, 0.4) is 0 Å². The number of likely N-dealkylation sites (tertiary alicyclic amines) is 1. The quantitative estimate of drug-likeness (QED) is 0.918. The molecule has 1 aliphatic heterocycles. The summed E-state index contributed by atoms with van der Waals surface area (Å²) in [5.41, 5.74) is 0. The third-order valence-electron chi connectivity index (χ3n) is 4.81. The lowest BCUT2D eigenvalue weighted by atomic mass is 9.73. The number of nitrogens with one attached hydrogen (secondary N) is 1. The van der Waals surface area contributed by atoms with Gasteiger partial charge >= 0.3 is 0 Å². The van der Waals surface area contributed by atoms with Gasteiger partial charge in [-0.3, -0.25) is 0 Å². The normalized spacial score (nSPS) is 31.8. The summed E-state index contributed by atoms with van der Waals surface area (Å²) in [4.78, 5) is 7.06. The molecule has 4 heteroatoms. The van der Waals surface area contributed by atoms with Crippen LogP contribution in [0.2, 0.25) is 0 Å². The van der Waals surface area contributed by atoms with Crippen LogP contribution in [0.1, 0.15) is 38.1 Å². The molecule has 0 radical (unpaired) electrons. The summed E-state index contributed by atoms with van der Waals surface area (Å²) >= 11 is 1.76. The van der Waals surface area contributed by atoms with Gasteiger partial charge in [0.05, 0.1) is 0 Å². The van der Waals surface area contributed by atoms with Gasteiger partial charge in [-0.15, -0.1) is 11.3 Å². The number of rotatable bonds is 4. The number of thiazole rings is 1. The minimum atomic E-state index is 0.697. The first-order valence-electron chi connectivity index (χ1n) is 7.60. The first kappa shape index (κ1) is 13.5. The van der Waals surface area contributed by atoms with Crippen LogP contribution in [0, 0.1) is 11.8 Å². The smallest absolute Gasteiger partial charge is 0.106 e. The van der Waals surface area contributed by atoms with Crippen molar-refractivity contribution in [2.24, 2.45) is 11.8 Å². The Morgan fingerprint density at radius 2 is 2.11 bits per heavy atom. The third kappa shape index (κ3) is 3.01. The second kappa shape index (κ2) is 5.90. The van der Waals surface area contributed by atoms with Gasteiger partial charge < -0.3 is 10.2 Å². The molecule has 3 rings (SSSR count). The summed E-state index contributed by atoms with van der Waals surface area (Å²) < 4.78 is 0.